The highest BCUT2D eigenvalue weighted by molar-refractivity contribution is 5.84. The molecule has 0 saturated carbocycles. The van der Waals surface area contributed by atoms with Crippen molar-refractivity contribution in [3.05, 3.63) is 53.5 Å². The van der Waals surface area contributed by atoms with Crippen LogP contribution in [0.4, 0.5) is 0 Å². The van der Waals surface area contributed by atoms with Crippen molar-refractivity contribution < 1.29 is 0 Å². The number of hydrogen-bond donors (Lipinski definition) is 1. The van der Waals surface area contributed by atoms with Crippen molar-refractivity contribution in [1.29, 1.82) is 0 Å². The smallest absolute Gasteiger partial charge is 0.0645 e. The number of hydrogen-bond acceptors (Lipinski definition) is 2. The molecule has 104 valence electrons. The first-order valence-electron chi connectivity index (χ1n) is 7.01. The summed E-state index contributed by atoms with van der Waals surface area (Å²) < 4.78 is 4.23. The van der Waals surface area contributed by atoms with E-state index in [1.807, 2.05) is 11.7 Å². The molecule has 3 aromatic rings. The van der Waals surface area contributed by atoms with Crippen LogP contribution in [0, 0.1) is 0 Å². The second-order valence-electron chi connectivity index (χ2n) is 5.11. The average molecular weight is 268 g/mol. The van der Waals surface area contributed by atoms with Gasteiger partial charge in [0.2, 0.25) is 0 Å². The summed E-state index contributed by atoms with van der Waals surface area (Å²) in [5.74, 6) is 0. The topological polar surface area (TPSA) is 48.8 Å². The van der Waals surface area contributed by atoms with Gasteiger partial charge < -0.3 is 10.3 Å². The van der Waals surface area contributed by atoms with Gasteiger partial charge in [0.05, 0.1) is 17.9 Å². The SMILES string of the molecule is CCc1cc(Cn2cc(CN)c3ccccc32)n(C)n1. The standard InChI is InChI=1S/C16H20N4/c1-3-13-8-14(19(2)18-13)11-20-10-12(9-17)15-6-4-5-7-16(15)20/h4-8,10H,3,9,11,17H2,1-2H3. The van der Waals surface area contributed by atoms with Crippen molar-refractivity contribution in [3.8, 4) is 0 Å². The van der Waals surface area contributed by atoms with Crippen molar-refractivity contribution in [2.75, 3.05) is 0 Å². The van der Waals surface area contributed by atoms with Gasteiger partial charge in [-0.25, -0.2) is 0 Å². The van der Waals surface area contributed by atoms with Crippen LogP contribution in [0.1, 0.15) is 23.9 Å². The van der Waals surface area contributed by atoms with Gasteiger partial charge in [-0.05, 0) is 24.1 Å². The summed E-state index contributed by atoms with van der Waals surface area (Å²) in [5, 5.41) is 5.75. The van der Waals surface area contributed by atoms with E-state index in [4.69, 9.17) is 5.73 Å². The number of nitrogens with two attached hydrogens (primary N) is 1. The summed E-state index contributed by atoms with van der Waals surface area (Å²) in [7, 11) is 2.00. The molecule has 2 aromatic heterocycles. The minimum atomic E-state index is 0.569. The highest BCUT2D eigenvalue weighted by atomic mass is 15.3. The molecular formula is C16H20N4. The zero-order chi connectivity index (χ0) is 14.1. The van der Waals surface area contributed by atoms with Gasteiger partial charge >= 0.3 is 0 Å². The van der Waals surface area contributed by atoms with Gasteiger partial charge in [-0.3, -0.25) is 4.68 Å². The third-order valence-electron chi connectivity index (χ3n) is 3.81. The molecule has 0 spiro atoms. The molecule has 4 nitrogen and oxygen atoms in total. The van der Waals surface area contributed by atoms with Crippen LogP contribution < -0.4 is 5.73 Å². The number of aryl methyl sites for hydroxylation is 2. The number of para-hydroxylation sites is 1. The molecule has 0 saturated heterocycles. The summed E-state index contributed by atoms with van der Waals surface area (Å²) in [6.45, 7) is 3.52. The predicted molar refractivity (Wildman–Crippen MR) is 81.5 cm³/mol. The van der Waals surface area contributed by atoms with Crippen LogP contribution in [0.3, 0.4) is 0 Å². The van der Waals surface area contributed by atoms with E-state index in [2.05, 4.69) is 53.1 Å². The maximum absolute atomic E-state index is 5.85. The minimum Gasteiger partial charge on any atom is -0.341 e. The lowest BCUT2D eigenvalue weighted by Crippen LogP contribution is -2.04. The van der Waals surface area contributed by atoms with E-state index in [1.54, 1.807) is 0 Å². The zero-order valence-corrected chi connectivity index (χ0v) is 12.0. The van der Waals surface area contributed by atoms with E-state index < -0.39 is 0 Å². The van der Waals surface area contributed by atoms with Crippen LogP contribution in [0.2, 0.25) is 0 Å². The van der Waals surface area contributed by atoms with Crippen LogP contribution in [-0.4, -0.2) is 14.3 Å². The fourth-order valence-corrected chi connectivity index (χ4v) is 2.68. The Bertz CT molecular complexity index is 736. The molecule has 2 heterocycles. The number of nitrogens with zero attached hydrogens (tertiary/aromatic N) is 3. The summed E-state index contributed by atoms with van der Waals surface area (Å²) >= 11 is 0. The fourth-order valence-electron chi connectivity index (χ4n) is 2.68. The number of benzene rings is 1. The number of rotatable bonds is 4. The second kappa shape index (κ2) is 5.13. The van der Waals surface area contributed by atoms with Gasteiger partial charge in [-0.2, -0.15) is 5.10 Å². The fraction of sp³-hybridized carbons (Fsp3) is 0.312. The highest BCUT2D eigenvalue weighted by Crippen LogP contribution is 2.22. The molecular weight excluding hydrogens is 248 g/mol. The monoisotopic (exact) mass is 268 g/mol. The molecule has 20 heavy (non-hydrogen) atoms. The van der Waals surface area contributed by atoms with Crippen molar-refractivity contribution >= 4 is 10.9 Å². The summed E-state index contributed by atoms with van der Waals surface area (Å²) in [6.07, 6.45) is 3.12. The van der Waals surface area contributed by atoms with Crippen LogP contribution in [0.25, 0.3) is 10.9 Å². The summed E-state index contributed by atoms with van der Waals surface area (Å²) in [5.41, 5.74) is 10.6. The Morgan fingerprint density at radius 1 is 1.25 bits per heavy atom. The maximum Gasteiger partial charge on any atom is 0.0645 e. The molecule has 0 aliphatic carbocycles. The van der Waals surface area contributed by atoms with Crippen molar-refractivity contribution in [1.82, 2.24) is 14.3 Å². The third kappa shape index (κ3) is 2.12. The van der Waals surface area contributed by atoms with Gasteiger partial charge in [0.1, 0.15) is 0 Å². The molecule has 0 bridgehead atoms. The molecule has 2 N–H and O–H groups in total. The molecule has 0 unspecified atom stereocenters. The second-order valence-corrected chi connectivity index (χ2v) is 5.11. The average Bonchev–Trinajstić information content (AvgIpc) is 3.01. The quantitative estimate of drug-likeness (QED) is 0.790. The molecule has 4 heteroatoms. The van der Waals surface area contributed by atoms with Crippen molar-refractivity contribution in [2.45, 2.75) is 26.4 Å². The Balaban J connectivity index is 2.04. The van der Waals surface area contributed by atoms with Crippen LogP contribution in [0.15, 0.2) is 36.5 Å². The van der Waals surface area contributed by atoms with Crippen molar-refractivity contribution in [3.63, 3.8) is 0 Å². The van der Waals surface area contributed by atoms with E-state index in [-0.39, 0.29) is 0 Å². The van der Waals surface area contributed by atoms with E-state index in [9.17, 15) is 0 Å². The van der Waals surface area contributed by atoms with Crippen LogP contribution >= 0.6 is 0 Å². The van der Waals surface area contributed by atoms with Gasteiger partial charge in [-0.1, -0.05) is 25.1 Å². The van der Waals surface area contributed by atoms with E-state index in [0.29, 0.717) is 6.54 Å². The van der Waals surface area contributed by atoms with Gasteiger partial charge in [0, 0.05) is 30.7 Å². The number of fused-ring (bicyclic) bond motifs is 1. The Hall–Kier alpha value is -2.07. The van der Waals surface area contributed by atoms with Gasteiger partial charge in [0.25, 0.3) is 0 Å². The molecule has 0 atom stereocenters. The van der Waals surface area contributed by atoms with Crippen molar-refractivity contribution in [2.24, 2.45) is 12.8 Å². The van der Waals surface area contributed by atoms with Crippen LogP contribution in [0.5, 0.6) is 0 Å². The molecule has 1 aromatic carbocycles. The Morgan fingerprint density at radius 2 is 2.05 bits per heavy atom. The lowest BCUT2D eigenvalue weighted by atomic mass is 10.2. The molecule has 3 rings (SSSR count). The Morgan fingerprint density at radius 3 is 2.75 bits per heavy atom. The minimum absolute atomic E-state index is 0.569. The van der Waals surface area contributed by atoms with Gasteiger partial charge in [0.15, 0.2) is 0 Å². The van der Waals surface area contributed by atoms with E-state index in [0.717, 1.165) is 18.7 Å². The molecule has 0 aliphatic rings. The molecule has 0 aliphatic heterocycles. The molecule has 0 radical (unpaired) electrons. The Kier molecular flexibility index (Phi) is 3.32. The lowest BCUT2D eigenvalue weighted by Gasteiger charge is -2.05. The summed E-state index contributed by atoms with van der Waals surface area (Å²) in [4.78, 5) is 0. The van der Waals surface area contributed by atoms with E-state index in [1.165, 1.54) is 22.2 Å². The maximum atomic E-state index is 5.85. The lowest BCUT2D eigenvalue weighted by molar-refractivity contribution is 0.669. The first-order valence-corrected chi connectivity index (χ1v) is 7.01. The largest absolute Gasteiger partial charge is 0.341 e. The van der Waals surface area contributed by atoms with Crippen LogP contribution in [-0.2, 0) is 26.6 Å². The first kappa shape index (κ1) is 12.9. The summed E-state index contributed by atoms with van der Waals surface area (Å²) in [6, 6.07) is 10.6. The van der Waals surface area contributed by atoms with E-state index >= 15 is 0 Å². The highest BCUT2D eigenvalue weighted by Gasteiger charge is 2.09. The third-order valence-corrected chi connectivity index (χ3v) is 3.81. The molecule has 0 fully saturated rings. The van der Waals surface area contributed by atoms with Gasteiger partial charge in [-0.15, -0.1) is 0 Å². The number of aromatic nitrogens is 3. The zero-order valence-electron chi connectivity index (χ0n) is 12.0. The first-order chi connectivity index (χ1) is 9.72. The molecule has 0 amide bonds. The predicted octanol–water partition coefficient (Wildman–Crippen LogP) is 2.44. The normalized spacial score (nSPS) is 11.3. The Labute approximate surface area is 118 Å².